The second-order valence-electron chi connectivity index (χ2n) is 5.57. The molecule has 3 heteroatoms. The van der Waals surface area contributed by atoms with Crippen molar-refractivity contribution in [3.8, 4) is 0 Å². The van der Waals surface area contributed by atoms with E-state index < -0.39 is 0 Å². The quantitative estimate of drug-likeness (QED) is 0.727. The van der Waals surface area contributed by atoms with Crippen molar-refractivity contribution in [1.29, 1.82) is 0 Å². The summed E-state index contributed by atoms with van der Waals surface area (Å²) in [5, 5.41) is 3.07. The van der Waals surface area contributed by atoms with E-state index in [0.717, 1.165) is 0 Å². The molecule has 1 saturated carbocycles. The lowest BCUT2D eigenvalue weighted by Gasteiger charge is -2.33. The zero-order valence-electron chi connectivity index (χ0n) is 10.2. The Labute approximate surface area is 101 Å². The molecule has 0 atom stereocenters. The number of ketones is 1. The molecule has 88 valence electrons. The molecule has 1 aromatic heterocycles. The normalized spacial score (nSPS) is 20.9. The predicted molar refractivity (Wildman–Crippen MR) is 67.1 cm³/mol. The molecule has 0 amide bonds. The standard InChI is InChI=1S/C13H19NOS/c1-9(15)11-8-16-12(14-11)10-4-6-13(2,3)7-5-10/h8,10H,4-7H2,1-3H3. The average Bonchev–Trinajstić information content (AvgIpc) is 2.66. The summed E-state index contributed by atoms with van der Waals surface area (Å²) in [4.78, 5) is 15.6. The average molecular weight is 237 g/mol. The number of hydrogen-bond donors (Lipinski definition) is 0. The van der Waals surface area contributed by atoms with Crippen LogP contribution in [0.25, 0.3) is 0 Å². The van der Waals surface area contributed by atoms with Gasteiger partial charge in [0.25, 0.3) is 0 Å². The molecule has 2 rings (SSSR count). The maximum absolute atomic E-state index is 11.2. The van der Waals surface area contributed by atoms with Gasteiger partial charge in [0, 0.05) is 18.2 Å². The van der Waals surface area contributed by atoms with Crippen LogP contribution in [0.1, 0.15) is 67.9 Å². The highest BCUT2D eigenvalue weighted by Gasteiger charge is 2.29. The summed E-state index contributed by atoms with van der Waals surface area (Å²) in [6.45, 7) is 6.26. The molecule has 0 unspecified atom stereocenters. The van der Waals surface area contributed by atoms with E-state index in [1.165, 1.54) is 30.7 Å². The Morgan fingerprint density at radius 3 is 2.56 bits per heavy atom. The van der Waals surface area contributed by atoms with Crippen LogP contribution in [0.2, 0.25) is 0 Å². The molecule has 0 aromatic carbocycles. The Morgan fingerprint density at radius 2 is 2.06 bits per heavy atom. The number of Topliss-reactive ketones (excluding diaryl/α,β-unsaturated/α-hetero) is 1. The number of carbonyl (C=O) groups is 1. The fraction of sp³-hybridized carbons (Fsp3) is 0.692. The van der Waals surface area contributed by atoms with Crippen LogP contribution in [0, 0.1) is 5.41 Å². The van der Waals surface area contributed by atoms with Crippen LogP contribution in [0.3, 0.4) is 0 Å². The van der Waals surface area contributed by atoms with E-state index in [9.17, 15) is 4.79 Å². The zero-order chi connectivity index (χ0) is 11.8. The first-order valence-corrected chi connectivity index (χ1v) is 6.82. The highest BCUT2D eigenvalue weighted by atomic mass is 32.1. The molecule has 1 aliphatic carbocycles. The topological polar surface area (TPSA) is 30.0 Å². The van der Waals surface area contributed by atoms with Gasteiger partial charge in [0.2, 0.25) is 0 Å². The predicted octanol–water partition coefficient (Wildman–Crippen LogP) is 4.03. The first kappa shape index (κ1) is 11.8. The summed E-state index contributed by atoms with van der Waals surface area (Å²) in [6, 6.07) is 0. The van der Waals surface area contributed by atoms with Crippen LogP contribution < -0.4 is 0 Å². The summed E-state index contributed by atoms with van der Waals surface area (Å²) >= 11 is 1.65. The van der Waals surface area contributed by atoms with Gasteiger partial charge in [-0.15, -0.1) is 11.3 Å². The van der Waals surface area contributed by atoms with Crippen molar-refractivity contribution in [2.24, 2.45) is 5.41 Å². The van der Waals surface area contributed by atoms with Gasteiger partial charge in [0.05, 0.1) is 5.01 Å². The Morgan fingerprint density at radius 1 is 1.44 bits per heavy atom. The molecule has 1 aromatic rings. The molecule has 0 spiro atoms. The second-order valence-corrected chi connectivity index (χ2v) is 6.46. The van der Waals surface area contributed by atoms with E-state index in [1.807, 2.05) is 5.38 Å². The lowest BCUT2D eigenvalue weighted by molar-refractivity contribution is 0.101. The van der Waals surface area contributed by atoms with Crippen LogP contribution >= 0.6 is 11.3 Å². The molecule has 16 heavy (non-hydrogen) atoms. The van der Waals surface area contributed by atoms with Gasteiger partial charge in [0.1, 0.15) is 5.69 Å². The largest absolute Gasteiger partial charge is 0.293 e. The van der Waals surface area contributed by atoms with Crippen LogP contribution in [-0.2, 0) is 0 Å². The third-order valence-corrected chi connectivity index (χ3v) is 4.58. The Hall–Kier alpha value is -0.700. The minimum Gasteiger partial charge on any atom is -0.293 e. The molecule has 1 aliphatic rings. The Bertz CT molecular complexity index is 384. The first-order valence-electron chi connectivity index (χ1n) is 5.94. The van der Waals surface area contributed by atoms with E-state index in [4.69, 9.17) is 0 Å². The van der Waals surface area contributed by atoms with Crippen LogP contribution in [0.5, 0.6) is 0 Å². The summed E-state index contributed by atoms with van der Waals surface area (Å²) in [5.74, 6) is 0.671. The van der Waals surface area contributed by atoms with Crippen molar-refractivity contribution >= 4 is 17.1 Å². The number of thiazole rings is 1. The van der Waals surface area contributed by atoms with Gasteiger partial charge in [-0.3, -0.25) is 4.79 Å². The molecule has 0 aliphatic heterocycles. The number of hydrogen-bond acceptors (Lipinski definition) is 3. The molecule has 1 heterocycles. The fourth-order valence-corrected chi connectivity index (χ4v) is 3.31. The van der Waals surface area contributed by atoms with Gasteiger partial charge in [0.15, 0.2) is 5.78 Å². The molecule has 0 saturated heterocycles. The smallest absolute Gasteiger partial charge is 0.178 e. The van der Waals surface area contributed by atoms with E-state index in [1.54, 1.807) is 18.3 Å². The van der Waals surface area contributed by atoms with Gasteiger partial charge in [-0.1, -0.05) is 13.8 Å². The van der Waals surface area contributed by atoms with Crippen LogP contribution in [0.4, 0.5) is 0 Å². The van der Waals surface area contributed by atoms with E-state index in [2.05, 4.69) is 18.8 Å². The lowest BCUT2D eigenvalue weighted by Crippen LogP contribution is -2.20. The minimum atomic E-state index is 0.0821. The molecular formula is C13H19NOS. The van der Waals surface area contributed by atoms with E-state index in [-0.39, 0.29) is 5.78 Å². The number of nitrogens with zero attached hydrogens (tertiary/aromatic N) is 1. The molecule has 2 nitrogen and oxygen atoms in total. The van der Waals surface area contributed by atoms with E-state index in [0.29, 0.717) is 17.0 Å². The van der Waals surface area contributed by atoms with Gasteiger partial charge in [-0.05, 0) is 31.1 Å². The van der Waals surface area contributed by atoms with Crippen molar-refractivity contribution in [2.45, 2.75) is 52.4 Å². The van der Waals surface area contributed by atoms with Crippen LogP contribution in [0.15, 0.2) is 5.38 Å². The highest BCUT2D eigenvalue weighted by molar-refractivity contribution is 7.09. The summed E-state index contributed by atoms with van der Waals surface area (Å²) in [6.07, 6.45) is 4.98. The number of aromatic nitrogens is 1. The highest BCUT2D eigenvalue weighted by Crippen LogP contribution is 2.42. The molecule has 0 radical (unpaired) electrons. The summed E-state index contributed by atoms with van der Waals surface area (Å²) in [5.41, 5.74) is 1.14. The van der Waals surface area contributed by atoms with Gasteiger partial charge in [-0.25, -0.2) is 4.98 Å². The maximum atomic E-state index is 11.2. The minimum absolute atomic E-state index is 0.0821. The lowest BCUT2D eigenvalue weighted by atomic mass is 9.73. The van der Waals surface area contributed by atoms with Gasteiger partial charge >= 0.3 is 0 Å². The number of carbonyl (C=O) groups excluding carboxylic acids is 1. The zero-order valence-corrected chi connectivity index (χ0v) is 11.1. The first-order chi connectivity index (χ1) is 7.48. The SMILES string of the molecule is CC(=O)c1csc(C2CCC(C)(C)CC2)n1. The molecular weight excluding hydrogens is 218 g/mol. The number of rotatable bonds is 2. The van der Waals surface area contributed by atoms with Crippen molar-refractivity contribution in [2.75, 3.05) is 0 Å². The van der Waals surface area contributed by atoms with Gasteiger partial charge in [-0.2, -0.15) is 0 Å². The maximum Gasteiger partial charge on any atom is 0.178 e. The Kier molecular flexibility index (Phi) is 3.15. The van der Waals surface area contributed by atoms with Crippen molar-refractivity contribution in [1.82, 2.24) is 4.98 Å². The fourth-order valence-electron chi connectivity index (χ4n) is 2.28. The third-order valence-electron chi connectivity index (χ3n) is 3.57. The molecule has 0 bridgehead atoms. The monoisotopic (exact) mass is 237 g/mol. The third kappa shape index (κ3) is 2.51. The van der Waals surface area contributed by atoms with Crippen LogP contribution in [-0.4, -0.2) is 10.8 Å². The Balaban J connectivity index is 2.05. The summed E-state index contributed by atoms with van der Waals surface area (Å²) in [7, 11) is 0. The second kappa shape index (κ2) is 4.28. The van der Waals surface area contributed by atoms with E-state index >= 15 is 0 Å². The molecule has 0 N–H and O–H groups in total. The molecule has 1 fully saturated rings. The van der Waals surface area contributed by atoms with Gasteiger partial charge < -0.3 is 0 Å². The van der Waals surface area contributed by atoms with Crippen molar-refractivity contribution in [3.63, 3.8) is 0 Å². The summed E-state index contributed by atoms with van der Waals surface area (Å²) < 4.78 is 0. The van der Waals surface area contributed by atoms with Crippen molar-refractivity contribution < 1.29 is 4.79 Å². The van der Waals surface area contributed by atoms with Crippen molar-refractivity contribution in [3.05, 3.63) is 16.1 Å².